The lowest BCUT2D eigenvalue weighted by atomic mass is 9.79. The lowest BCUT2D eigenvalue weighted by molar-refractivity contribution is -0.139. The van der Waals surface area contributed by atoms with Gasteiger partial charge in [-0.2, -0.15) is 13.2 Å². The Bertz CT molecular complexity index is 1050. The molecule has 3 rings (SSSR count). The predicted molar refractivity (Wildman–Crippen MR) is 104 cm³/mol. The van der Waals surface area contributed by atoms with Crippen LogP contribution in [0.25, 0.3) is 0 Å². The van der Waals surface area contributed by atoms with Gasteiger partial charge in [0.05, 0.1) is 27.3 Å². The van der Waals surface area contributed by atoms with Crippen molar-refractivity contribution in [1.29, 1.82) is 0 Å². The van der Waals surface area contributed by atoms with E-state index in [4.69, 9.17) is 9.31 Å². The number of rotatable bonds is 4. The molecule has 1 aliphatic heterocycles. The lowest BCUT2D eigenvalue weighted by Gasteiger charge is -2.32. The number of alkyl halides is 3. The number of nitrogens with one attached hydrogen (secondary N) is 1. The maximum Gasteiger partial charge on any atom is 0.494 e. The molecule has 0 bridgehead atoms. The number of anilines is 1. The van der Waals surface area contributed by atoms with Crippen molar-refractivity contribution in [3.8, 4) is 0 Å². The molecule has 0 amide bonds. The molecule has 0 saturated carbocycles. The molecule has 1 N–H and O–H groups in total. The molecule has 0 radical (unpaired) electrons. The molecule has 5 nitrogen and oxygen atoms in total. The fourth-order valence-corrected chi connectivity index (χ4v) is 4.17. The fourth-order valence-electron chi connectivity index (χ4n) is 2.87. The second-order valence-corrected chi connectivity index (χ2v) is 9.58. The Morgan fingerprint density at radius 1 is 0.967 bits per heavy atom. The first-order chi connectivity index (χ1) is 13.6. The Morgan fingerprint density at radius 2 is 1.53 bits per heavy atom. The van der Waals surface area contributed by atoms with E-state index in [-0.39, 0.29) is 0 Å². The van der Waals surface area contributed by atoms with Crippen LogP contribution in [0.5, 0.6) is 0 Å². The molecule has 0 atom stereocenters. The third kappa shape index (κ3) is 4.19. The van der Waals surface area contributed by atoms with Crippen LogP contribution < -0.4 is 10.2 Å². The van der Waals surface area contributed by atoms with Crippen LogP contribution in [0, 0.1) is 5.82 Å². The Kier molecular flexibility index (Phi) is 5.45. The average Bonchev–Trinajstić information content (AvgIpc) is 2.83. The molecule has 2 aromatic carbocycles. The highest BCUT2D eigenvalue weighted by molar-refractivity contribution is 7.92. The Morgan fingerprint density at radius 3 is 2.07 bits per heavy atom. The summed E-state index contributed by atoms with van der Waals surface area (Å²) in [6.45, 7) is 7.29. The van der Waals surface area contributed by atoms with Crippen LogP contribution in [0.1, 0.15) is 33.3 Å². The molecule has 0 unspecified atom stereocenters. The molecule has 2 aromatic rings. The summed E-state index contributed by atoms with van der Waals surface area (Å²) in [6, 6.07) is 7.20. The number of halogens is 4. The zero-order chi connectivity index (χ0) is 22.5. The number of sulfonamides is 1. The van der Waals surface area contributed by atoms with E-state index in [1.807, 2.05) is 32.4 Å². The van der Waals surface area contributed by atoms with Crippen LogP contribution in [-0.2, 0) is 25.5 Å². The minimum absolute atomic E-state index is 0.310. The van der Waals surface area contributed by atoms with Crippen molar-refractivity contribution in [2.75, 3.05) is 4.72 Å². The van der Waals surface area contributed by atoms with Crippen LogP contribution in [-0.4, -0.2) is 26.7 Å². The van der Waals surface area contributed by atoms with Gasteiger partial charge >= 0.3 is 13.3 Å². The van der Waals surface area contributed by atoms with E-state index in [0.29, 0.717) is 11.5 Å². The number of benzene rings is 2. The normalized spacial score (nSPS) is 18.5. The molecular weight excluding hydrogens is 425 g/mol. The van der Waals surface area contributed by atoms with Gasteiger partial charge in [-0.25, -0.2) is 12.8 Å². The van der Waals surface area contributed by atoms with Gasteiger partial charge in [0, 0.05) is 0 Å². The largest absolute Gasteiger partial charge is 0.494 e. The van der Waals surface area contributed by atoms with Gasteiger partial charge < -0.3 is 9.31 Å². The second-order valence-electron chi connectivity index (χ2n) is 7.93. The van der Waals surface area contributed by atoms with Crippen molar-refractivity contribution in [3.05, 3.63) is 53.8 Å². The molecule has 0 spiro atoms. The summed E-state index contributed by atoms with van der Waals surface area (Å²) >= 11 is 0. The molecule has 0 aliphatic carbocycles. The van der Waals surface area contributed by atoms with Crippen molar-refractivity contribution in [1.82, 2.24) is 0 Å². The first kappa shape index (κ1) is 22.6. The standard InChI is InChI=1S/C19H20BF4NO4S/c1-17(2)18(3,4)29-20(28-17)12-9-10-15(14(21)11-12)25-30(26,27)16-8-6-5-7-13(16)19(22,23)24/h5-11,25H,1-4H3. The minimum Gasteiger partial charge on any atom is -0.399 e. The Labute approximate surface area is 172 Å². The molecule has 1 fully saturated rings. The highest BCUT2D eigenvalue weighted by atomic mass is 32.2. The van der Waals surface area contributed by atoms with Crippen LogP contribution in [0.3, 0.4) is 0 Å². The SMILES string of the molecule is CC1(C)OB(c2ccc(NS(=O)(=O)c3ccccc3C(F)(F)F)c(F)c2)OC1(C)C. The monoisotopic (exact) mass is 445 g/mol. The zero-order valence-corrected chi connectivity index (χ0v) is 17.5. The minimum atomic E-state index is -4.88. The van der Waals surface area contributed by atoms with Gasteiger partial charge in [0.2, 0.25) is 0 Å². The lowest BCUT2D eigenvalue weighted by Crippen LogP contribution is -2.41. The van der Waals surface area contributed by atoms with Crippen molar-refractivity contribution in [3.63, 3.8) is 0 Å². The molecule has 1 saturated heterocycles. The van der Waals surface area contributed by atoms with Crippen molar-refractivity contribution < 1.29 is 35.3 Å². The molecule has 30 heavy (non-hydrogen) atoms. The topological polar surface area (TPSA) is 64.6 Å². The van der Waals surface area contributed by atoms with E-state index in [0.717, 1.165) is 30.3 Å². The van der Waals surface area contributed by atoms with Crippen LogP contribution in [0.4, 0.5) is 23.2 Å². The van der Waals surface area contributed by atoms with Crippen molar-refractivity contribution >= 4 is 28.3 Å². The molecule has 1 heterocycles. The van der Waals surface area contributed by atoms with E-state index < -0.39 is 56.5 Å². The maximum atomic E-state index is 14.6. The zero-order valence-electron chi connectivity index (χ0n) is 16.7. The number of hydrogen-bond acceptors (Lipinski definition) is 4. The Balaban J connectivity index is 1.89. The summed E-state index contributed by atoms with van der Waals surface area (Å²) in [5, 5.41) is 0. The quantitative estimate of drug-likeness (QED) is 0.572. The van der Waals surface area contributed by atoms with Crippen molar-refractivity contribution in [2.45, 2.75) is 50.0 Å². The summed E-state index contributed by atoms with van der Waals surface area (Å²) in [5.41, 5.74) is -2.84. The second kappa shape index (κ2) is 7.24. The summed E-state index contributed by atoms with van der Waals surface area (Å²) in [4.78, 5) is -0.994. The highest BCUT2D eigenvalue weighted by Gasteiger charge is 2.51. The van der Waals surface area contributed by atoms with Crippen LogP contribution in [0.15, 0.2) is 47.4 Å². The van der Waals surface area contributed by atoms with E-state index in [9.17, 15) is 26.0 Å². The highest BCUT2D eigenvalue weighted by Crippen LogP contribution is 2.37. The maximum absolute atomic E-state index is 14.6. The molecule has 0 aromatic heterocycles. The molecule has 162 valence electrons. The molecule has 1 aliphatic rings. The molecule has 11 heteroatoms. The summed E-state index contributed by atoms with van der Waals surface area (Å²) < 4.78 is 92.6. The fraction of sp³-hybridized carbons (Fsp3) is 0.368. The smallest absolute Gasteiger partial charge is 0.399 e. The molecular formula is C19H20BF4NO4S. The summed E-state index contributed by atoms with van der Waals surface area (Å²) in [7, 11) is -5.57. The first-order valence-corrected chi connectivity index (χ1v) is 10.5. The third-order valence-corrected chi connectivity index (χ3v) is 6.67. The van der Waals surface area contributed by atoms with Gasteiger partial charge in [0.15, 0.2) is 0 Å². The van der Waals surface area contributed by atoms with E-state index in [1.54, 1.807) is 0 Å². The van der Waals surface area contributed by atoms with Gasteiger partial charge in [0.1, 0.15) is 5.82 Å². The van der Waals surface area contributed by atoms with Crippen LogP contribution >= 0.6 is 0 Å². The summed E-state index contributed by atoms with van der Waals surface area (Å²) in [6.07, 6.45) is -4.88. The van der Waals surface area contributed by atoms with Gasteiger partial charge in [-0.05, 0) is 57.4 Å². The van der Waals surface area contributed by atoms with E-state index in [1.165, 1.54) is 6.07 Å². The van der Waals surface area contributed by atoms with Gasteiger partial charge in [-0.3, -0.25) is 4.72 Å². The van der Waals surface area contributed by atoms with Gasteiger partial charge in [-0.1, -0.05) is 18.2 Å². The third-order valence-electron chi connectivity index (χ3n) is 5.24. The Hall–Kier alpha value is -2.11. The van der Waals surface area contributed by atoms with E-state index in [2.05, 4.69) is 0 Å². The van der Waals surface area contributed by atoms with Gasteiger partial charge in [-0.15, -0.1) is 0 Å². The first-order valence-electron chi connectivity index (χ1n) is 8.98. The van der Waals surface area contributed by atoms with Crippen molar-refractivity contribution in [2.24, 2.45) is 0 Å². The van der Waals surface area contributed by atoms with E-state index >= 15 is 0 Å². The number of hydrogen-bond donors (Lipinski definition) is 1. The average molecular weight is 445 g/mol. The summed E-state index contributed by atoms with van der Waals surface area (Å²) in [5.74, 6) is -0.977. The van der Waals surface area contributed by atoms with Crippen LogP contribution in [0.2, 0.25) is 0 Å². The van der Waals surface area contributed by atoms with Gasteiger partial charge in [0.25, 0.3) is 10.0 Å². The predicted octanol–water partition coefficient (Wildman–Crippen LogP) is 3.94.